The van der Waals surface area contributed by atoms with Crippen molar-refractivity contribution in [3.05, 3.63) is 48.3 Å². The van der Waals surface area contributed by atoms with E-state index in [-0.39, 0.29) is 24.7 Å². The molecule has 5 rings (SSSR count). The minimum atomic E-state index is -0.405. The molecule has 2 fully saturated rings. The van der Waals surface area contributed by atoms with Crippen molar-refractivity contribution in [3.8, 4) is 23.0 Å². The van der Waals surface area contributed by atoms with Gasteiger partial charge < -0.3 is 24.6 Å². The lowest BCUT2D eigenvalue weighted by Crippen LogP contribution is -2.52. The lowest BCUT2D eigenvalue weighted by molar-refractivity contribution is 0.0752. The molecule has 0 bridgehead atoms. The van der Waals surface area contributed by atoms with Crippen LogP contribution in [-0.2, 0) is 0 Å². The van der Waals surface area contributed by atoms with Crippen molar-refractivity contribution in [1.82, 2.24) is 30.1 Å². The molecule has 9 nitrogen and oxygen atoms in total. The Morgan fingerprint density at radius 1 is 1.15 bits per heavy atom. The fourth-order valence-corrected chi connectivity index (χ4v) is 5.27. The second kappa shape index (κ2) is 11.8. The second-order valence-electron chi connectivity index (χ2n) is 10.5. The standard InChI is InChI=1S/C29H38FN7O2/c1-6-14-38-24-9-7-8-23(30)25(24)26-19(2)15-22-27(32-26)33-29(34-28(22)37-11-10-31-16-20(37)3)39-18-21-17-35(4)12-13-36(21)5/h6-9,15,20-21,31H,1,10-14,16-18H2,2-5H3/t20-,21?/m1/s1. The first-order chi connectivity index (χ1) is 18.9. The molecule has 1 N–H and O–H groups in total. The van der Waals surface area contributed by atoms with E-state index in [0.717, 1.165) is 56.0 Å². The van der Waals surface area contributed by atoms with Gasteiger partial charge in [0.25, 0.3) is 0 Å². The van der Waals surface area contributed by atoms with Crippen molar-refractivity contribution < 1.29 is 13.9 Å². The molecule has 2 aliphatic heterocycles. The highest BCUT2D eigenvalue weighted by Crippen LogP contribution is 2.37. The number of likely N-dealkylation sites (N-methyl/N-ethyl adjacent to an activating group) is 2. The highest BCUT2D eigenvalue weighted by atomic mass is 19.1. The molecular weight excluding hydrogens is 497 g/mol. The molecule has 3 aromatic rings. The zero-order valence-electron chi connectivity index (χ0n) is 23.3. The van der Waals surface area contributed by atoms with Crippen LogP contribution in [0.5, 0.6) is 11.8 Å². The number of hydrogen-bond acceptors (Lipinski definition) is 9. The maximum Gasteiger partial charge on any atom is 0.320 e. The summed E-state index contributed by atoms with van der Waals surface area (Å²) in [7, 11) is 4.24. The molecule has 1 aromatic carbocycles. The van der Waals surface area contributed by atoms with Crippen LogP contribution in [0.15, 0.2) is 36.9 Å². The summed E-state index contributed by atoms with van der Waals surface area (Å²) in [6.45, 7) is 14.0. The average Bonchev–Trinajstić information content (AvgIpc) is 2.92. The summed E-state index contributed by atoms with van der Waals surface area (Å²) >= 11 is 0. The molecule has 1 unspecified atom stereocenters. The zero-order chi connectivity index (χ0) is 27.5. The van der Waals surface area contributed by atoms with Crippen LogP contribution in [0.2, 0.25) is 0 Å². The summed E-state index contributed by atoms with van der Waals surface area (Å²) < 4.78 is 27.2. The molecule has 2 atom stereocenters. The third-order valence-corrected chi connectivity index (χ3v) is 7.56. The summed E-state index contributed by atoms with van der Waals surface area (Å²) in [5.41, 5.74) is 2.07. The SMILES string of the molecule is C=CCOc1cccc(F)c1-c1nc2nc(OCC3CN(C)CCN3C)nc(N3CCNC[C@H]3C)c2cc1C. The predicted octanol–water partition coefficient (Wildman–Crippen LogP) is 3.13. The fourth-order valence-electron chi connectivity index (χ4n) is 5.27. The van der Waals surface area contributed by atoms with Crippen molar-refractivity contribution in [3.63, 3.8) is 0 Å². The van der Waals surface area contributed by atoms with Crippen molar-refractivity contribution in [2.45, 2.75) is 25.9 Å². The van der Waals surface area contributed by atoms with Gasteiger partial charge in [-0.25, -0.2) is 9.37 Å². The Morgan fingerprint density at radius 2 is 2.00 bits per heavy atom. The predicted molar refractivity (Wildman–Crippen MR) is 152 cm³/mol. The number of nitrogens with one attached hydrogen (secondary N) is 1. The van der Waals surface area contributed by atoms with Gasteiger partial charge in [-0.15, -0.1) is 0 Å². The minimum Gasteiger partial charge on any atom is -0.489 e. The molecular formula is C29H38FN7O2. The fraction of sp³-hybridized carbons (Fsp3) is 0.483. The number of rotatable bonds is 8. The molecule has 4 heterocycles. The first-order valence-corrected chi connectivity index (χ1v) is 13.6. The number of anilines is 1. The normalized spacial score (nSPS) is 20.8. The van der Waals surface area contributed by atoms with Crippen molar-refractivity contribution in [2.75, 3.05) is 71.5 Å². The third-order valence-electron chi connectivity index (χ3n) is 7.56. The van der Waals surface area contributed by atoms with Crippen molar-refractivity contribution in [2.24, 2.45) is 0 Å². The molecule has 208 valence electrons. The molecule has 0 radical (unpaired) electrons. The summed E-state index contributed by atoms with van der Waals surface area (Å²) in [6, 6.07) is 7.53. The number of aryl methyl sites for hydroxylation is 1. The Bertz CT molecular complexity index is 1340. The quantitative estimate of drug-likeness (QED) is 0.438. The maximum absolute atomic E-state index is 15.2. The summed E-state index contributed by atoms with van der Waals surface area (Å²) in [4.78, 5) is 21.4. The lowest BCUT2D eigenvalue weighted by Gasteiger charge is -2.37. The summed E-state index contributed by atoms with van der Waals surface area (Å²) in [6.07, 6.45) is 1.63. The maximum atomic E-state index is 15.2. The van der Waals surface area contributed by atoms with Gasteiger partial charge in [-0.05, 0) is 51.7 Å². The van der Waals surface area contributed by atoms with E-state index in [4.69, 9.17) is 24.4 Å². The van der Waals surface area contributed by atoms with Crippen LogP contribution in [0.3, 0.4) is 0 Å². The first kappa shape index (κ1) is 27.2. The van der Waals surface area contributed by atoms with E-state index < -0.39 is 5.82 Å². The highest BCUT2D eigenvalue weighted by Gasteiger charge is 2.27. The van der Waals surface area contributed by atoms with Gasteiger partial charge in [-0.1, -0.05) is 18.7 Å². The van der Waals surface area contributed by atoms with Crippen molar-refractivity contribution >= 4 is 16.9 Å². The Morgan fingerprint density at radius 3 is 2.79 bits per heavy atom. The Labute approximate surface area is 229 Å². The number of nitrogens with zero attached hydrogens (tertiary/aromatic N) is 6. The number of halogens is 1. The zero-order valence-corrected chi connectivity index (χ0v) is 23.3. The van der Waals surface area contributed by atoms with Crippen LogP contribution in [-0.4, -0.2) is 103 Å². The number of fused-ring (bicyclic) bond motifs is 1. The number of piperazine rings is 2. The topological polar surface area (TPSA) is 78.9 Å². The van der Waals surface area contributed by atoms with Gasteiger partial charge in [0.1, 0.15) is 30.6 Å². The number of ether oxygens (including phenoxy) is 2. The first-order valence-electron chi connectivity index (χ1n) is 13.6. The van der Waals surface area contributed by atoms with Crippen LogP contribution < -0.4 is 19.7 Å². The Hall–Kier alpha value is -3.34. The van der Waals surface area contributed by atoms with Gasteiger partial charge in [0.2, 0.25) is 0 Å². The van der Waals surface area contributed by atoms with E-state index >= 15 is 4.39 Å². The lowest BCUT2D eigenvalue weighted by atomic mass is 10.0. The van der Waals surface area contributed by atoms with Crippen LogP contribution in [0.1, 0.15) is 12.5 Å². The molecule has 0 amide bonds. The Balaban J connectivity index is 1.59. The van der Waals surface area contributed by atoms with Gasteiger partial charge in [0.05, 0.1) is 22.7 Å². The number of benzene rings is 1. The van der Waals surface area contributed by atoms with E-state index in [1.54, 1.807) is 18.2 Å². The molecule has 10 heteroatoms. The highest BCUT2D eigenvalue weighted by molar-refractivity contribution is 5.91. The van der Waals surface area contributed by atoms with Crippen molar-refractivity contribution in [1.29, 1.82) is 0 Å². The van der Waals surface area contributed by atoms with Gasteiger partial charge >= 0.3 is 6.01 Å². The van der Waals surface area contributed by atoms with Crippen LogP contribution >= 0.6 is 0 Å². The van der Waals surface area contributed by atoms with E-state index in [1.165, 1.54) is 6.07 Å². The second-order valence-corrected chi connectivity index (χ2v) is 10.5. The van der Waals surface area contributed by atoms with E-state index in [2.05, 4.69) is 47.6 Å². The molecule has 2 aromatic heterocycles. The van der Waals surface area contributed by atoms with Gasteiger partial charge in [-0.2, -0.15) is 9.97 Å². The van der Waals surface area contributed by atoms with E-state index in [9.17, 15) is 0 Å². The van der Waals surface area contributed by atoms with Crippen LogP contribution in [0.25, 0.3) is 22.3 Å². The minimum absolute atomic E-state index is 0.230. The summed E-state index contributed by atoms with van der Waals surface area (Å²) in [5.74, 6) is 0.796. The number of aromatic nitrogens is 3. The monoisotopic (exact) mass is 535 g/mol. The number of pyridine rings is 1. The smallest absolute Gasteiger partial charge is 0.320 e. The third kappa shape index (κ3) is 5.83. The largest absolute Gasteiger partial charge is 0.489 e. The molecule has 0 aliphatic carbocycles. The van der Waals surface area contributed by atoms with E-state index in [1.807, 2.05) is 13.0 Å². The molecule has 0 saturated carbocycles. The molecule has 2 saturated heterocycles. The van der Waals surface area contributed by atoms with Gasteiger partial charge in [-0.3, -0.25) is 4.90 Å². The molecule has 2 aliphatic rings. The average molecular weight is 536 g/mol. The van der Waals surface area contributed by atoms with Crippen LogP contribution in [0.4, 0.5) is 10.2 Å². The molecule has 0 spiro atoms. The summed E-state index contributed by atoms with van der Waals surface area (Å²) in [5, 5.41) is 4.26. The van der Waals surface area contributed by atoms with Gasteiger partial charge in [0, 0.05) is 45.3 Å². The van der Waals surface area contributed by atoms with E-state index in [0.29, 0.717) is 29.3 Å². The molecule has 39 heavy (non-hydrogen) atoms. The van der Waals surface area contributed by atoms with Gasteiger partial charge in [0.15, 0.2) is 5.65 Å². The van der Waals surface area contributed by atoms with Crippen LogP contribution in [0, 0.1) is 12.7 Å². The Kier molecular flexibility index (Phi) is 8.25. The number of hydrogen-bond donors (Lipinski definition) is 1.